The molecule has 0 aliphatic heterocycles. The normalized spacial score (nSPS) is 10.9. The standard InChI is InChI=1S/C8H11N5/c1-4-12-7(10)6-5(2-9)3-11-8(6)13-4/h3H,2,9H2,1H3,(H3,10,11,12,13). The second-order valence-electron chi connectivity index (χ2n) is 2.90. The van der Waals surface area contributed by atoms with E-state index in [4.69, 9.17) is 11.5 Å². The number of aromatic nitrogens is 3. The lowest BCUT2D eigenvalue weighted by atomic mass is 10.2. The van der Waals surface area contributed by atoms with E-state index in [1.807, 2.05) is 6.20 Å². The Bertz CT molecular complexity index is 445. The van der Waals surface area contributed by atoms with Crippen molar-refractivity contribution in [1.29, 1.82) is 0 Å². The van der Waals surface area contributed by atoms with Gasteiger partial charge in [0.05, 0.1) is 5.39 Å². The molecule has 2 rings (SSSR count). The maximum Gasteiger partial charge on any atom is 0.143 e. The van der Waals surface area contributed by atoms with Crippen molar-refractivity contribution in [2.75, 3.05) is 5.73 Å². The molecule has 0 saturated carbocycles. The monoisotopic (exact) mass is 177 g/mol. The molecule has 13 heavy (non-hydrogen) atoms. The highest BCUT2D eigenvalue weighted by atomic mass is 15.0. The quantitative estimate of drug-likeness (QED) is 0.584. The molecule has 0 aromatic carbocycles. The van der Waals surface area contributed by atoms with E-state index in [0.29, 0.717) is 18.2 Å². The second kappa shape index (κ2) is 2.70. The zero-order valence-electron chi connectivity index (χ0n) is 7.33. The molecule has 0 atom stereocenters. The van der Waals surface area contributed by atoms with Crippen LogP contribution in [0.5, 0.6) is 0 Å². The van der Waals surface area contributed by atoms with Crippen LogP contribution in [0.3, 0.4) is 0 Å². The van der Waals surface area contributed by atoms with E-state index in [9.17, 15) is 0 Å². The number of H-pyrrole nitrogens is 1. The van der Waals surface area contributed by atoms with Gasteiger partial charge in [0.15, 0.2) is 0 Å². The molecule has 0 bridgehead atoms. The first-order valence-electron chi connectivity index (χ1n) is 4.02. The fraction of sp³-hybridized carbons (Fsp3) is 0.250. The van der Waals surface area contributed by atoms with Crippen molar-refractivity contribution < 1.29 is 0 Å². The number of hydrogen-bond acceptors (Lipinski definition) is 4. The molecule has 0 spiro atoms. The number of anilines is 1. The fourth-order valence-electron chi connectivity index (χ4n) is 1.40. The molecule has 0 aliphatic carbocycles. The molecule has 68 valence electrons. The van der Waals surface area contributed by atoms with Crippen molar-refractivity contribution in [3.8, 4) is 0 Å². The van der Waals surface area contributed by atoms with Crippen molar-refractivity contribution in [1.82, 2.24) is 15.0 Å². The predicted octanol–water partition coefficient (Wildman–Crippen LogP) is 0.307. The second-order valence-corrected chi connectivity index (χ2v) is 2.90. The van der Waals surface area contributed by atoms with Gasteiger partial charge >= 0.3 is 0 Å². The lowest BCUT2D eigenvalue weighted by Crippen LogP contribution is -2.00. The van der Waals surface area contributed by atoms with Gasteiger partial charge in [-0.2, -0.15) is 0 Å². The molecule has 2 aromatic rings. The van der Waals surface area contributed by atoms with Gasteiger partial charge in [-0.3, -0.25) is 0 Å². The first kappa shape index (κ1) is 8.00. The number of hydrogen-bond donors (Lipinski definition) is 3. The number of aromatic amines is 1. The summed E-state index contributed by atoms with van der Waals surface area (Å²) in [5.41, 5.74) is 13.0. The third-order valence-electron chi connectivity index (χ3n) is 1.97. The van der Waals surface area contributed by atoms with Crippen LogP contribution in [0.15, 0.2) is 6.20 Å². The summed E-state index contributed by atoms with van der Waals surface area (Å²) >= 11 is 0. The minimum atomic E-state index is 0.441. The summed E-state index contributed by atoms with van der Waals surface area (Å²) in [5, 5.41) is 0.841. The molecule has 0 unspecified atom stereocenters. The molecule has 5 heteroatoms. The van der Waals surface area contributed by atoms with Crippen LogP contribution in [-0.2, 0) is 6.54 Å². The van der Waals surface area contributed by atoms with Crippen LogP contribution in [0.25, 0.3) is 11.0 Å². The van der Waals surface area contributed by atoms with E-state index in [1.165, 1.54) is 0 Å². The summed E-state index contributed by atoms with van der Waals surface area (Å²) in [7, 11) is 0. The molecular formula is C8H11N5. The van der Waals surface area contributed by atoms with Gasteiger partial charge in [-0.1, -0.05) is 0 Å². The maximum atomic E-state index is 5.75. The van der Waals surface area contributed by atoms with Gasteiger partial charge in [-0.05, 0) is 12.5 Å². The van der Waals surface area contributed by atoms with Crippen molar-refractivity contribution in [2.45, 2.75) is 13.5 Å². The Morgan fingerprint density at radius 2 is 2.23 bits per heavy atom. The summed E-state index contributed by atoms with van der Waals surface area (Å²) in [5.74, 6) is 1.15. The summed E-state index contributed by atoms with van der Waals surface area (Å²) in [6.07, 6.45) is 1.81. The highest BCUT2D eigenvalue weighted by Gasteiger charge is 2.08. The zero-order valence-corrected chi connectivity index (χ0v) is 7.33. The van der Waals surface area contributed by atoms with E-state index in [0.717, 1.165) is 16.6 Å². The Morgan fingerprint density at radius 1 is 1.46 bits per heavy atom. The zero-order chi connectivity index (χ0) is 9.42. The minimum absolute atomic E-state index is 0.441. The van der Waals surface area contributed by atoms with E-state index in [-0.39, 0.29) is 0 Å². The van der Waals surface area contributed by atoms with Crippen LogP contribution < -0.4 is 11.5 Å². The van der Waals surface area contributed by atoms with Gasteiger partial charge in [0, 0.05) is 12.7 Å². The summed E-state index contributed by atoms with van der Waals surface area (Å²) < 4.78 is 0. The third kappa shape index (κ3) is 1.13. The van der Waals surface area contributed by atoms with Crippen LogP contribution in [0, 0.1) is 6.92 Å². The molecule has 5 N–H and O–H groups in total. The Labute approximate surface area is 75.2 Å². The highest BCUT2D eigenvalue weighted by molar-refractivity contribution is 5.89. The van der Waals surface area contributed by atoms with E-state index in [1.54, 1.807) is 6.92 Å². The molecule has 2 heterocycles. The van der Waals surface area contributed by atoms with Gasteiger partial charge in [0.1, 0.15) is 17.3 Å². The maximum absolute atomic E-state index is 5.75. The van der Waals surface area contributed by atoms with Gasteiger partial charge in [0.25, 0.3) is 0 Å². The number of nitrogens with zero attached hydrogens (tertiary/aromatic N) is 2. The molecule has 0 aliphatic rings. The number of aryl methyl sites for hydroxylation is 1. The minimum Gasteiger partial charge on any atom is -0.383 e. The number of fused-ring (bicyclic) bond motifs is 1. The summed E-state index contributed by atoms with van der Waals surface area (Å²) in [6.45, 7) is 2.25. The van der Waals surface area contributed by atoms with E-state index in [2.05, 4.69) is 15.0 Å². The average Bonchev–Trinajstić information content (AvgIpc) is 2.47. The van der Waals surface area contributed by atoms with Crippen molar-refractivity contribution in [3.63, 3.8) is 0 Å². The van der Waals surface area contributed by atoms with Gasteiger partial charge in [-0.25, -0.2) is 9.97 Å². The van der Waals surface area contributed by atoms with E-state index >= 15 is 0 Å². The number of nitrogens with one attached hydrogen (secondary N) is 1. The first-order chi connectivity index (χ1) is 6.22. The largest absolute Gasteiger partial charge is 0.383 e. The summed E-state index contributed by atoms with van der Waals surface area (Å²) in [4.78, 5) is 11.3. The lowest BCUT2D eigenvalue weighted by Gasteiger charge is -1.99. The molecule has 0 fully saturated rings. The fourth-order valence-corrected chi connectivity index (χ4v) is 1.40. The smallest absolute Gasteiger partial charge is 0.143 e. The average molecular weight is 177 g/mol. The number of rotatable bonds is 1. The predicted molar refractivity (Wildman–Crippen MR) is 50.9 cm³/mol. The molecule has 2 aromatic heterocycles. The molecule has 0 saturated heterocycles. The Balaban J connectivity index is 2.82. The Kier molecular flexibility index (Phi) is 1.66. The van der Waals surface area contributed by atoms with Crippen molar-refractivity contribution >= 4 is 16.9 Å². The topological polar surface area (TPSA) is 93.6 Å². The molecule has 0 radical (unpaired) electrons. The highest BCUT2D eigenvalue weighted by Crippen LogP contribution is 2.20. The van der Waals surface area contributed by atoms with Crippen LogP contribution in [0.2, 0.25) is 0 Å². The van der Waals surface area contributed by atoms with Gasteiger partial charge in [-0.15, -0.1) is 0 Å². The Hall–Kier alpha value is -1.62. The SMILES string of the molecule is Cc1nc(N)c2c(CN)c[nH]c2n1. The van der Waals surface area contributed by atoms with Crippen LogP contribution in [-0.4, -0.2) is 15.0 Å². The van der Waals surface area contributed by atoms with Crippen molar-refractivity contribution in [2.24, 2.45) is 5.73 Å². The molecular weight excluding hydrogens is 166 g/mol. The lowest BCUT2D eigenvalue weighted by molar-refractivity contribution is 1.08. The van der Waals surface area contributed by atoms with Crippen LogP contribution >= 0.6 is 0 Å². The van der Waals surface area contributed by atoms with E-state index < -0.39 is 0 Å². The number of nitrogen functional groups attached to an aromatic ring is 1. The molecule has 0 amide bonds. The van der Waals surface area contributed by atoms with Crippen molar-refractivity contribution in [3.05, 3.63) is 17.6 Å². The van der Waals surface area contributed by atoms with Crippen LogP contribution in [0.4, 0.5) is 5.82 Å². The van der Waals surface area contributed by atoms with Crippen LogP contribution in [0.1, 0.15) is 11.4 Å². The molecule has 5 nitrogen and oxygen atoms in total. The Morgan fingerprint density at radius 3 is 2.92 bits per heavy atom. The van der Waals surface area contributed by atoms with Gasteiger partial charge in [0.2, 0.25) is 0 Å². The third-order valence-corrected chi connectivity index (χ3v) is 1.97. The van der Waals surface area contributed by atoms with Gasteiger partial charge < -0.3 is 16.5 Å². The summed E-state index contributed by atoms with van der Waals surface area (Å²) in [6, 6.07) is 0. The number of nitrogens with two attached hydrogens (primary N) is 2. The first-order valence-corrected chi connectivity index (χ1v) is 4.02.